The van der Waals surface area contributed by atoms with E-state index in [1.807, 2.05) is 6.92 Å². The normalized spacial score (nSPS) is 11.0. The second-order valence-corrected chi connectivity index (χ2v) is 6.14. The lowest BCUT2D eigenvalue weighted by atomic mass is 10.2. The van der Waals surface area contributed by atoms with Crippen molar-refractivity contribution in [2.75, 3.05) is 5.32 Å². The summed E-state index contributed by atoms with van der Waals surface area (Å²) in [5.74, 6) is 0.577. The first-order valence-electron chi connectivity index (χ1n) is 6.58. The van der Waals surface area contributed by atoms with Crippen LogP contribution in [-0.4, -0.2) is 35.9 Å². The fourth-order valence-electron chi connectivity index (χ4n) is 1.90. The summed E-state index contributed by atoms with van der Waals surface area (Å²) in [6.45, 7) is 1.84. The van der Waals surface area contributed by atoms with Crippen molar-refractivity contribution in [1.82, 2.24) is 30.0 Å². The number of halogens is 1. The minimum atomic E-state index is -0.101. The highest BCUT2D eigenvalue weighted by atomic mass is 35.5. The number of nitrogens with one attached hydrogen (secondary N) is 1. The van der Waals surface area contributed by atoms with Gasteiger partial charge < -0.3 is 5.32 Å². The fraction of sp³-hybridized carbons (Fsp3) is 0.333. The second-order valence-electron chi connectivity index (χ2n) is 4.57. The number of hydrogen-bond donors (Lipinski definition) is 1. The average molecular weight is 338 g/mol. The minimum absolute atomic E-state index is 0.101. The van der Waals surface area contributed by atoms with Gasteiger partial charge in [-0.1, -0.05) is 22.9 Å². The number of nitrogens with zero attached hydrogens (tertiary/aromatic N) is 6. The fourth-order valence-corrected chi connectivity index (χ4v) is 2.65. The van der Waals surface area contributed by atoms with Crippen molar-refractivity contribution >= 4 is 39.6 Å². The summed E-state index contributed by atoms with van der Waals surface area (Å²) in [5, 5.41) is 24.3. The zero-order chi connectivity index (χ0) is 15.5. The molecule has 0 fully saturated rings. The second kappa shape index (κ2) is 6.32. The third-order valence-electron chi connectivity index (χ3n) is 2.87. The smallest absolute Gasteiger partial charge is 0.226 e. The Kier molecular flexibility index (Phi) is 4.25. The van der Waals surface area contributed by atoms with Crippen LogP contribution in [0.4, 0.5) is 5.13 Å². The Labute approximate surface area is 134 Å². The van der Waals surface area contributed by atoms with E-state index in [1.165, 1.54) is 11.3 Å². The van der Waals surface area contributed by atoms with E-state index in [0.29, 0.717) is 41.0 Å². The highest BCUT2D eigenvalue weighted by Gasteiger charge is 2.10. The lowest BCUT2D eigenvalue weighted by Crippen LogP contribution is -2.11. The molecule has 3 aromatic heterocycles. The molecule has 3 rings (SSSR count). The monoisotopic (exact) mass is 337 g/mol. The van der Waals surface area contributed by atoms with E-state index in [-0.39, 0.29) is 5.91 Å². The first kappa shape index (κ1) is 14.8. The molecular formula is C12H12ClN7OS. The molecule has 0 aliphatic heterocycles. The van der Waals surface area contributed by atoms with Crippen molar-refractivity contribution in [3.63, 3.8) is 0 Å². The molecule has 114 valence electrons. The summed E-state index contributed by atoms with van der Waals surface area (Å²) in [7, 11) is 0. The first-order chi connectivity index (χ1) is 10.6. The van der Waals surface area contributed by atoms with Crippen molar-refractivity contribution < 1.29 is 4.79 Å². The molecule has 0 aliphatic carbocycles. The molecule has 0 atom stereocenters. The van der Waals surface area contributed by atoms with Gasteiger partial charge in [0, 0.05) is 12.8 Å². The van der Waals surface area contributed by atoms with Crippen LogP contribution in [0.5, 0.6) is 0 Å². The molecule has 3 heterocycles. The predicted octanol–water partition coefficient (Wildman–Crippen LogP) is 1.90. The molecule has 0 saturated heterocycles. The van der Waals surface area contributed by atoms with Gasteiger partial charge in [-0.2, -0.15) is 9.61 Å². The highest BCUT2D eigenvalue weighted by molar-refractivity contribution is 7.15. The number of aryl methyl sites for hydroxylation is 2. The Morgan fingerprint density at radius 1 is 1.32 bits per heavy atom. The van der Waals surface area contributed by atoms with E-state index in [9.17, 15) is 4.79 Å². The van der Waals surface area contributed by atoms with Crippen molar-refractivity contribution in [1.29, 1.82) is 0 Å². The van der Waals surface area contributed by atoms with Crippen LogP contribution in [0.3, 0.4) is 0 Å². The molecule has 0 spiro atoms. The molecule has 0 aromatic carbocycles. The van der Waals surface area contributed by atoms with E-state index in [2.05, 4.69) is 30.8 Å². The Hall–Kier alpha value is -2.13. The van der Waals surface area contributed by atoms with Gasteiger partial charge in [0.05, 0.1) is 0 Å². The number of carbonyl (C=O) groups is 1. The number of amides is 1. The van der Waals surface area contributed by atoms with Gasteiger partial charge in [-0.3, -0.25) is 4.79 Å². The molecule has 0 bridgehead atoms. The molecule has 0 radical (unpaired) electrons. The van der Waals surface area contributed by atoms with Crippen LogP contribution >= 0.6 is 22.9 Å². The first-order valence-corrected chi connectivity index (χ1v) is 7.78. The van der Waals surface area contributed by atoms with Gasteiger partial charge in [0.15, 0.2) is 11.5 Å². The third kappa shape index (κ3) is 3.37. The van der Waals surface area contributed by atoms with Gasteiger partial charge >= 0.3 is 0 Å². The predicted molar refractivity (Wildman–Crippen MR) is 82.0 cm³/mol. The van der Waals surface area contributed by atoms with Crippen LogP contribution in [0, 0.1) is 6.92 Å². The van der Waals surface area contributed by atoms with E-state index in [4.69, 9.17) is 11.6 Å². The molecule has 22 heavy (non-hydrogen) atoms. The number of rotatable bonds is 5. The quantitative estimate of drug-likeness (QED) is 0.763. The molecule has 3 aromatic rings. The standard InChI is InChI=1S/C12H12ClN7OS/c1-7-15-18-12(22-7)14-11(21)4-2-3-9-16-17-10-6-5-8(13)19-20(9)10/h5-6H,2-4H2,1H3,(H,14,18,21). The number of fused-ring (bicyclic) bond motifs is 1. The number of carbonyl (C=O) groups excluding carboxylic acids is 1. The lowest BCUT2D eigenvalue weighted by molar-refractivity contribution is -0.116. The molecule has 10 heteroatoms. The summed E-state index contributed by atoms with van der Waals surface area (Å²) in [5.41, 5.74) is 0.633. The lowest BCUT2D eigenvalue weighted by Gasteiger charge is -2.01. The Bertz CT molecular complexity index is 815. The Morgan fingerprint density at radius 3 is 2.95 bits per heavy atom. The maximum atomic E-state index is 11.8. The largest absolute Gasteiger partial charge is 0.301 e. The zero-order valence-electron chi connectivity index (χ0n) is 11.7. The maximum absolute atomic E-state index is 11.8. The molecule has 0 aliphatic rings. The van der Waals surface area contributed by atoms with Gasteiger partial charge in [0.25, 0.3) is 0 Å². The van der Waals surface area contributed by atoms with Crippen LogP contribution < -0.4 is 5.32 Å². The van der Waals surface area contributed by atoms with Gasteiger partial charge in [0.2, 0.25) is 11.0 Å². The molecule has 1 amide bonds. The Balaban J connectivity index is 1.55. The van der Waals surface area contributed by atoms with Gasteiger partial charge in [-0.05, 0) is 25.5 Å². The maximum Gasteiger partial charge on any atom is 0.226 e. The van der Waals surface area contributed by atoms with Crippen LogP contribution in [0.15, 0.2) is 12.1 Å². The molecule has 1 N–H and O–H groups in total. The number of anilines is 1. The average Bonchev–Trinajstić information content (AvgIpc) is 3.05. The van der Waals surface area contributed by atoms with Crippen LogP contribution in [-0.2, 0) is 11.2 Å². The molecular weight excluding hydrogens is 326 g/mol. The van der Waals surface area contributed by atoms with Crippen LogP contribution in [0.2, 0.25) is 5.15 Å². The third-order valence-corrected chi connectivity index (χ3v) is 3.83. The summed E-state index contributed by atoms with van der Waals surface area (Å²) in [4.78, 5) is 11.8. The van der Waals surface area contributed by atoms with E-state index >= 15 is 0 Å². The zero-order valence-corrected chi connectivity index (χ0v) is 13.2. The highest BCUT2D eigenvalue weighted by Crippen LogP contribution is 2.14. The van der Waals surface area contributed by atoms with E-state index in [0.717, 1.165) is 5.01 Å². The van der Waals surface area contributed by atoms with Crippen molar-refractivity contribution in [3.05, 3.63) is 28.1 Å². The Morgan fingerprint density at radius 2 is 2.18 bits per heavy atom. The van der Waals surface area contributed by atoms with Crippen LogP contribution in [0.1, 0.15) is 23.7 Å². The summed E-state index contributed by atoms with van der Waals surface area (Å²) in [6.07, 6.45) is 1.56. The van der Waals surface area contributed by atoms with Gasteiger partial charge in [-0.15, -0.1) is 20.4 Å². The number of hydrogen-bond acceptors (Lipinski definition) is 7. The van der Waals surface area contributed by atoms with Gasteiger partial charge in [-0.25, -0.2) is 0 Å². The SMILES string of the molecule is Cc1nnc(NC(=O)CCCc2nnc3ccc(Cl)nn23)s1. The van der Waals surface area contributed by atoms with Crippen molar-refractivity contribution in [3.8, 4) is 0 Å². The summed E-state index contributed by atoms with van der Waals surface area (Å²) >= 11 is 7.21. The minimum Gasteiger partial charge on any atom is -0.301 e. The molecule has 8 nitrogen and oxygen atoms in total. The number of aromatic nitrogens is 6. The summed E-state index contributed by atoms with van der Waals surface area (Å²) < 4.78 is 1.59. The topological polar surface area (TPSA) is 98.0 Å². The van der Waals surface area contributed by atoms with E-state index < -0.39 is 0 Å². The van der Waals surface area contributed by atoms with Crippen molar-refractivity contribution in [2.45, 2.75) is 26.2 Å². The van der Waals surface area contributed by atoms with Crippen molar-refractivity contribution in [2.24, 2.45) is 0 Å². The van der Waals surface area contributed by atoms with Crippen LogP contribution in [0.25, 0.3) is 5.65 Å². The molecule has 0 saturated carbocycles. The summed E-state index contributed by atoms with van der Waals surface area (Å²) in [6, 6.07) is 3.41. The molecule has 0 unspecified atom stereocenters. The van der Waals surface area contributed by atoms with E-state index in [1.54, 1.807) is 16.6 Å². The van der Waals surface area contributed by atoms with Gasteiger partial charge in [0.1, 0.15) is 10.2 Å².